The second-order valence-corrected chi connectivity index (χ2v) is 6.33. The molecular weight excluding hydrogens is 331 g/mol. The van der Waals surface area contributed by atoms with Crippen molar-refractivity contribution < 1.29 is 4.79 Å². The van der Waals surface area contributed by atoms with Crippen LogP contribution in [-0.2, 0) is 0 Å². The highest BCUT2D eigenvalue weighted by Crippen LogP contribution is 2.32. The molecule has 1 amide bonds. The quantitative estimate of drug-likeness (QED) is 0.901. The molecule has 1 N–H and O–H groups in total. The minimum atomic E-state index is 0. The topological polar surface area (TPSA) is 32.3 Å². The van der Waals surface area contributed by atoms with Crippen molar-refractivity contribution in [3.05, 3.63) is 33.8 Å². The fourth-order valence-electron chi connectivity index (χ4n) is 2.98. The molecule has 3 rings (SSSR count). The number of nitrogens with one attached hydrogen (secondary N) is 1. The Balaban J connectivity index is 0.00000161. The highest BCUT2D eigenvalue weighted by molar-refractivity contribution is 6.43. The summed E-state index contributed by atoms with van der Waals surface area (Å²) in [5.74, 6) is 0.0240. The van der Waals surface area contributed by atoms with Crippen molar-refractivity contribution in [3.63, 3.8) is 0 Å². The SMILES string of the molecule is Cl.O=C(c1cccc(Cl)c1Cl)N(C1CCC1)[C@H]1CCNC1. The molecule has 1 aromatic carbocycles. The molecule has 0 spiro atoms. The molecule has 116 valence electrons. The predicted octanol–water partition coefficient (Wildman–Crippen LogP) is 3.77. The minimum Gasteiger partial charge on any atom is -0.331 e. The standard InChI is InChI=1S/C15H18Cl2N2O.ClH/c16-13-6-2-5-12(14(13)17)15(20)19(10-3-1-4-10)11-7-8-18-9-11;/h2,5-6,10-11,18H,1,3-4,7-9H2;1H/t11-;/m0./s1. The molecule has 3 nitrogen and oxygen atoms in total. The molecule has 21 heavy (non-hydrogen) atoms. The molecule has 0 bridgehead atoms. The molecule has 0 unspecified atom stereocenters. The lowest BCUT2D eigenvalue weighted by Gasteiger charge is -2.41. The van der Waals surface area contributed by atoms with E-state index in [0.717, 1.165) is 32.4 Å². The van der Waals surface area contributed by atoms with Crippen LogP contribution in [0.4, 0.5) is 0 Å². The Morgan fingerprint density at radius 1 is 1.19 bits per heavy atom. The molecule has 1 atom stereocenters. The number of amides is 1. The summed E-state index contributed by atoms with van der Waals surface area (Å²) in [5, 5.41) is 4.15. The third-order valence-corrected chi connectivity index (χ3v) is 5.13. The van der Waals surface area contributed by atoms with Gasteiger partial charge in [0.25, 0.3) is 5.91 Å². The molecule has 1 saturated heterocycles. The zero-order valence-corrected chi connectivity index (χ0v) is 14.0. The van der Waals surface area contributed by atoms with E-state index in [4.69, 9.17) is 23.2 Å². The van der Waals surface area contributed by atoms with Crippen LogP contribution in [0.1, 0.15) is 36.0 Å². The minimum absolute atomic E-state index is 0. The summed E-state index contributed by atoms with van der Waals surface area (Å²) < 4.78 is 0. The number of hydrogen-bond donors (Lipinski definition) is 1. The smallest absolute Gasteiger partial charge is 0.255 e. The summed E-state index contributed by atoms with van der Waals surface area (Å²) in [5.41, 5.74) is 0.526. The second-order valence-electron chi connectivity index (χ2n) is 5.55. The van der Waals surface area contributed by atoms with Gasteiger partial charge < -0.3 is 10.2 Å². The number of rotatable bonds is 3. The Morgan fingerprint density at radius 2 is 1.95 bits per heavy atom. The van der Waals surface area contributed by atoms with E-state index < -0.39 is 0 Å². The summed E-state index contributed by atoms with van der Waals surface area (Å²) in [4.78, 5) is 14.9. The van der Waals surface area contributed by atoms with Crippen molar-refractivity contribution in [1.82, 2.24) is 10.2 Å². The van der Waals surface area contributed by atoms with E-state index >= 15 is 0 Å². The van der Waals surface area contributed by atoms with Crippen molar-refractivity contribution in [1.29, 1.82) is 0 Å². The number of carbonyl (C=O) groups is 1. The fraction of sp³-hybridized carbons (Fsp3) is 0.533. The average molecular weight is 350 g/mol. The first kappa shape index (κ1) is 16.9. The average Bonchev–Trinajstić information content (AvgIpc) is 2.89. The van der Waals surface area contributed by atoms with E-state index in [9.17, 15) is 4.79 Å². The predicted molar refractivity (Wildman–Crippen MR) is 88.8 cm³/mol. The molecule has 1 saturated carbocycles. The zero-order chi connectivity index (χ0) is 14.1. The van der Waals surface area contributed by atoms with Crippen molar-refractivity contribution >= 4 is 41.5 Å². The van der Waals surface area contributed by atoms with Crippen LogP contribution in [0.25, 0.3) is 0 Å². The molecule has 0 radical (unpaired) electrons. The number of hydrogen-bond acceptors (Lipinski definition) is 2. The van der Waals surface area contributed by atoms with Crippen LogP contribution in [0.15, 0.2) is 18.2 Å². The monoisotopic (exact) mass is 348 g/mol. The van der Waals surface area contributed by atoms with Crippen LogP contribution < -0.4 is 5.32 Å². The molecule has 1 heterocycles. The Labute approximate surface area is 141 Å². The van der Waals surface area contributed by atoms with E-state index in [0.29, 0.717) is 21.7 Å². The van der Waals surface area contributed by atoms with Gasteiger partial charge in [0.05, 0.1) is 15.6 Å². The molecule has 1 aliphatic carbocycles. The first-order valence-electron chi connectivity index (χ1n) is 7.16. The van der Waals surface area contributed by atoms with Crippen molar-refractivity contribution in [2.75, 3.05) is 13.1 Å². The Bertz CT molecular complexity index is 514. The molecular formula is C15H19Cl3N2O. The molecule has 0 aromatic heterocycles. The van der Waals surface area contributed by atoms with Crippen LogP contribution in [0.3, 0.4) is 0 Å². The molecule has 6 heteroatoms. The lowest BCUT2D eigenvalue weighted by atomic mass is 9.89. The third-order valence-electron chi connectivity index (χ3n) is 4.31. The largest absolute Gasteiger partial charge is 0.331 e. The van der Waals surface area contributed by atoms with Gasteiger partial charge in [-0.15, -0.1) is 12.4 Å². The van der Waals surface area contributed by atoms with E-state index in [1.165, 1.54) is 6.42 Å². The maximum atomic E-state index is 12.9. The van der Waals surface area contributed by atoms with E-state index in [1.807, 2.05) is 4.90 Å². The van der Waals surface area contributed by atoms with E-state index in [-0.39, 0.29) is 24.4 Å². The Morgan fingerprint density at radius 3 is 2.52 bits per heavy atom. The van der Waals surface area contributed by atoms with E-state index in [2.05, 4.69) is 5.32 Å². The van der Waals surface area contributed by atoms with Gasteiger partial charge in [0.15, 0.2) is 0 Å². The molecule has 2 aliphatic rings. The third kappa shape index (κ3) is 3.31. The van der Waals surface area contributed by atoms with Gasteiger partial charge in [-0.3, -0.25) is 4.79 Å². The first-order valence-corrected chi connectivity index (χ1v) is 7.91. The van der Waals surface area contributed by atoms with Crippen LogP contribution in [0, 0.1) is 0 Å². The maximum Gasteiger partial charge on any atom is 0.255 e. The highest BCUT2D eigenvalue weighted by Gasteiger charge is 2.36. The fourth-order valence-corrected chi connectivity index (χ4v) is 3.36. The van der Waals surface area contributed by atoms with Gasteiger partial charge in [0, 0.05) is 18.6 Å². The first-order chi connectivity index (χ1) is 9.68. The van der Waals surface area contributed by atoms with Gasteiger partial charge in [-0.2, -0.15) is 0 Å². The van der Waals surface area contributed by atoms with E-state index in [1.54, 1.807) is 18.2 Å². The van der Waals surface area contributed by atoms with Crippen LogP contribution in [0.5, 0.6) is 0 Å². The number of carbonyl (C=O) groups excluding carboxylic acids is 1. The summed E-state index contributed by atoms with van der Waals surface area (Å²) in [7, 11) is 0. The molecule has 1 aliphatic heterocycles. The van der Waals surface area contributed by atoms with Gasteiger partial charge in [-0.25, -0.2) is 0 Å². The Hall–Kier alpha value is -0.480. The molecule has 1 aromatic rings. The molecule has 2 fully saturated rings. The summed E-state index contributed by atoms with van der Waals surface area (Å²) in [6.45, 7) is 1.85. The maximum absolute atomic E-state index is 12.9. The number of nitrogens with zero attached hydrogens (tertiary/aromatic N) is 1. The lowest BCUT2D eigenvalue weighted by molar-refractivity contribution is 0.0465. The normalized spacial score (nSPS) is 21.5. The van der Waals surface area contributed by atoms with Gasteiger partial charge in [-0.05, 0) is 44.4 Å². The van der Waals surface area contributed by atoms with Crippen LogP contribution in [-0.4, -0.2) is 36.0 Å². The second kappa shape index (κ2) is 7.19. The number of halogens is 3. The number of benzene rings is 1. The van der Waals surface area contributed by atoms with Gasteiger partial charge in [-0.1, -0.05) is 29.3 Å². The van der Waals surface area contributed by atoms with Crippen LogP contribution in [0.2, 0.25) is 10.0 Å². The summed E-state index contributed by atoms with van der Waals surface area (Å²) >= 11 is 12.2. The zero-order valence-electron chi connectivity index (χ0n) is 11.6. The van der Waals surface area contributed by atoms with Gasteiger partial charge in [0.1, 0.15) is 0 Å². The van der Waals surface area contributed by atoms with Gasteiger partial charge >= 0.3 is 0 Å². The van der Waals surface area contributed by atoms with Crippen molar-refractivity contribution in [3.8, 4) is 0 Å². The summed E-state index contributed by atoms with van der Waals surface area (Å²) in [6.07, 6.45) is 4.42. The van der Waals surface area contributed by atoms with Crippen molar-refractivity contribution in [2.45, 2.75) is 37.8 Å². The summed E-state index contributed by atoms with van der Waals surface area (Å²) in [6, 6.07) is 5.91. The van der Waals surface area contributed by atoms with Crippen LogP contribution >= 0.6 is 35.6 Å². The lowest BCUT2D eigenvalue weighted by Crippen LogP contribution is -2.51. The van der Waals surface area contributed by atoms with Crippen molar-refractivity contribution in [2.24, 2.45) is 0 Å². The highest BCUT2D eigenvalue weighted by atomic mass is 35.5. The van der Waals surface area contributed by atoms with Gasteiger partial charge in [0.2, 0.25) is 0 Å². The Kier molecular flexibility index (Phi) is 5.78.